The van der Waals surface area contributed by atoms with Crippen molar-refractivity contribution in [3.63, 3.8) is 0 Å². The van der Waals surface area contributed by atoms with Crippen molar-refractivity contribution >= 4 is 27.0 Å². The van der Waals surface area contributed by atoms with Crippen molar-refractivity contribution in [1.29, 1.82) is 0 Å². The van der Waals surface area contributed by atoms with Gasteiger partial charge >= 0.3 is 0 Å². The molecule has 2 heterocycles. The fourth-order valence-electron chi connectivity index (χ4n) is 1.77. The van der Waals surface area contributed by atoms with Crippen LogP contribution >= 0.6 is 15.9 Å². The second kappa shape index (κ2) is 3.56. The summed E-state index contributed by atoms with van der Waals surface area (Å²) in [6, 6.07) is 4.27. The smallest absolute Gasteiger partial charge is 0.0889 e. The largest absolute Gasteiger partial charge is 0.254 e. The molecule has 1 saturated carbocycles. The Balaban J connectivity index is 2.11. The molecule has 3 heteroatoms. The van der Waals surface area contributed by atoms with Crippen LogP contribution in [-0.4, -0.2) is 9.97 Å². The molecule has 0 radical (unpaired) electrons. The van der Waals surface area contributed by atoms with Gasteiger partial charge in [-0.1, -0.05) is 15.9 Å². The number of halogens is 1. The fourth-order valence-corrected chi connectivity index (χ4v) is 2.08. The highest BCUT2D eigenvalue weighted by Crippen LogP contribution is 2.40. The van der Waals surface area contributed by atoms with E-state index in [9.17, 15) is 0 Å². The molecule has 0 atom stereocenters. The average molecular weight is 263 g/mol. The zero-order valence-electron chi connectivity index (χ0n) is 8.28. The predicted molar refractivity (Wildman–Crippen MR) is 64.1 cm³/mol. The number of pyridine rings is 2. The zero-order chi connectivity index (χ0) is 10.3. The molecule has 0 aromatic carbocycles. The highest BCUT2D eigenvalue weighted by molar-refractivity contribution is 9.08. The molecule has 0 saturated heterocycles. The van der Waals surface area contributed by atoms with Gasteiger partial charge in [0.15, 0.2) is 0 Å². The lowest BCUT2D eigenvalue weighted by Gasteiger charge is -2.02. The van der Waals surface area contributed by atoms with E-state index in [-0.39, 0.29) is 0 Å². The number of alkyl halides is 1. The second-order valence-electron chi connectivity index (χ2n) is 4.06. The quantitative estimate of drug-likeness (QED) is 0.776. The van der Waals surface area contributed by atoms with E-state index < -0.39 is 0 Å². The molecule has 0 N–H and O–H groups in total. The number of hydrogen-bond acceptors (Lipinski definition) is 2. The number of hydrogen-bond donors (Lipinski definition) is 0. The summed E-state index contributed by atoms with van der Waals surface area (Å²) in [6.07, 6.45) is 6.54. The maximum atomic E-state index is 4.47. The van der Waals surface area contributed by atoms with E-state index in [2.05, 4.69) is 38.0 Å². The lowest BCUT2D eigenvalue weighted by molar-refractivity contribution is 1.10. The van der Waals surface area contributed by atoms with Crippen LogP contribution < -0.4 is 0 Å². The molecule has 15 heavy (non-hydrogen) atoms. The van der Waals surface area contributed by atoms with Crippen molar-refractivity contribution in [1.82, 2.24) is 9.97 Å². The first-order valence-corrected chi connectivity index (χ1v) is 6.29. The van der Waals surface area contributed by atoms with E-state index in [4.69, 9.17) is 0 Å². The molecule has 1 fully saturated rings. The van der Waals surface area contributed by atoms with Gasteiger partial charge in [-0.15, -0.1) is 0 Å². The van der Waals surface area contributed by atoms with E-state index in [0.29, 0.717) is 0 Å². The van der Waals surface area contributed by atoms with Crippen LogP contribution in [0, 0.1) is 0 Å². The first kappa shape index (κ1) is 9.28. The van der Waals surface area contributed by atoms with Crippen LogP contribution in [0.3, 0.4) is 0 Å². The summed E-state index contributed by atoms with van der Waals surface area (Å²) in [4.78, 5) is 8.90. The van der Waals surface area contributed by atoms with Gasteiger partial charge < -0.3 is 0 Å². The first-order chi connectivity index (χ1) is 7.36. The van der Waals surface area contributed by atoms with Crippen molar-refractivity contribution in [2.24, 2.45) is 0 Å². The van der Waals surface area contributed by atoms with E-state index in [1.54, 1.807) is 0 Å². The van der Waals surface area contributed by atoms with Crippen LogP contribution in [-0.2, 0) is 5.33 Å². The summed E-state index contributed by atoms with van der Waals surface area (Å²) in [7, 11) is 0. The second-order valence-corrected chi connectivity index (χ2v) is 4.62. The number of aromatic nitrogens is 2. The van der Waals surface area contributed by atoms with Gasteiger partial charge in [0.05, 0.1) is 11.0 Å². The van der Waals surface area contributed by atoms with Gasteiger partial charge in [-0.05, 0) is 42.0 Å². The minimum absolute atomic E-state index is 0.750. The van der Waals surface area contributed by atoms with E-state index >= 15 is 0 Å². The maximum absolute atomic E-state index is 4.47. The molecular weight excluding hydrogens is 252 g/mol. The molecule has 3 rings (SSSR count). The Morgan fingerprint density at radius 2 is 1.87 bits per heavy atom. The van der Waals surface area contributed by atoms with Crippen molar-refractivity contribution in [2.45, 2.75) is 24.1 Å². The summed E-state index contributed by atoms with van der Waals surface area (Å²) < 4.78 is 0. The third-order valence-corrected chi connectivity index (χ3v) is 3.46. The zero-order valence-corrected chi connectivity index (χ0v) is 9.87. The van der Waals surface area contributed by atoms with Gasteiger partial charge in [-0.25, -0.2) is 0 Å². The first-order valence-electron chi connectivity index (χ1n) is 5.17. The van der Waals surface area contributed by atoms with E-state index in [0.717, 1.165) is 22.3 Å². The minimum Gasteiger partial charge on any atom is -0.254 e. The Bertz CT molecular complexity index is 506. The summed E-state index contributed by atoms with van der Waals surface area (Å²) >= 11 is 3.42. The van der Waals surface area contributed by atoms with Crippen molar-refractivity contribution < 1.29 is 0 Å². The van der Waals surface area contributed by atoms with Crippen LogP contribution in [0.5, 0.6) is 0 Å². The number of rotatable bonds is 2. The molecule has 1 aliphatic carbocycles. The van der Waals surface area contributed by atoms with E-state index in [1.807, 2.05) is 12.4 Å². The molecular formula is C12H11BrN2. The Morgan fingerprint density at radius 3 is 2.60 bits per heavy atom. The molecule has 2 nitrogen and oxygen atoms in total. The molecule has 0 unspecified atom stereocenters. The minimum atomic E-state index is 0.750. The van der Waals surface area contributed by atoms with Crippen LogP contribution in [0.25, 0.3) is 11.0 Å². The SMILES string of the molecule is BrCc1cnc2cc(C3CC3)cnc2c1. The lowest BCUT2D eigenvalue weighted by Crippen LogP contribution is -1.89. The predicted octanol–water partition coefficient (Wildman–Crippen LogP) is 3.40. The Hall–Kier alpha value is -0.960. The monoisotopic (exact) mass is 262 g/mol. The molecule has 76 valence electrons. The van der Waals surface area contributed by atoms with Gasteiger partial charge in [0, 0.05) is 17.7 Å². The summed E-state index contributed by atoms with van der Waals surface area (Å²) in [6.45, 7) is 0. The Labute approximate surface area is 96.9 Å². The summed E-state index contributed by atoms with van der Waals surface area (Å²) in [5, 5.41) is 0.835. The highest BCUT2D eigenvalue weighted by Gasteiger charge is 2.23. The third kappa shape index (κ3) is 1.76. The molecule has 0 amide bonds. The van der Waals surface area contributed by atoms with Crippen molar-refractivity contribution in [2.75, 3.05) is 0 Å². The van der Waals surface area contributed by atoms with Gasteiger partial charge in [-0.3, -0.25) is 9.97 Å². The van der Waals surface area contributed by atoms with Gasteiger partial charge in [-0.2, -0.15) is 0 Å². The van der Waals surface area contributed by atoms with Gasteiger partial charge in [0.25, 0.3) is 0 Å². The van der Waals surface area contributed by atoms with Crippen LogP contribution in [0.2, 0.25) is 0 Å². The normalized spacial score (nSPS) is 15.8. The molecule has 1 aliphatic rings. The molecule has 0 aliphatic heterocycles. The molecule has 0 spiro atoms. The van der Waals surface area contributed by atoms with Crippen molar-refractivity contribution in [3.05, 3.63) is 35.7 Å². The van der Waals surface area contributed by atoms with Gasteiger partial charge in [0.1, 0.15) is 0 Å². The Morgan fingerprint density at radius 1 is 1.13 bits per heavy atom. The van der Waals surface area contributed by atoms with Crippen LogP contribution in [0.4, 0.5) is 0 Å². The topological polar surface area (TPSA) is 25.8 Å². The summed E-state index contributed by atoms with van der Waals surface area (Å²) in [5.74, 6) is 0.750. The lowest BCUT2D eigenvalue weighted by atomic mass is 10.1. The van der Waals surface area contributed by atoms with Crippen LogP contribution in [0.1, 0.15) is 29.9 Å². The third-order valence-electron chi connectivity index (χ3n) is 2.81. The van der Waals surface area contributed by atoms with Crippen LogP contribution in [0.15, 0.2) is 24.5 Å². The van der Waals surface area contributed by atoms with E-state index in [1.165, 1.54) is 24.0 Å². The standard InChI is InChI=1S/C12H11BrN2/c13-5-8-3-11-12(14-6-8)4-10(7-15-11)9-1-2-9/h3-4,6-7,9H,1-2,5H2. The molecule has 2 aromatic rings. The molecule has 0 bridgehead atoms. The number of fused-ring (bicyclic) bond motifs is 1. The highest BCUT2D eigenvalue weighted by atomic mass is 79.9. The number of nitrogens with zero attached hydrogens (tertiary/aromatic N) is 2. The molecule has 2 aromatic heterocycles. The van der Waals surface area contributed by atoms with Crippen molar-refractivity contribution in [3.8, 4) is 0 Å². The Kier molecular flexibility index (Phi) is 2.20. The average Bonchev–Trinajstić information content (AvgIpc) is 3.11. The summed E-state index contributed by atoms with van der Waals surface area (Å²) in [5.41, 5.74) is 4.54. The van der Waals surface area contributed by atoms with Gasteiger partial charge in [0.2, 0.25) is 0 Å². The maximum Gasteiger partial charge on any atom is 0.0889 e. The fraction of sp³-hybridized carbons (Fsp3) is 0.333.